The second kappa shape index (κ2) is 10.4. The Balaban J connectivity index is 1.25. The first-order valence-corrected chi connectivity index (χ1v) is 11.8. The molecule has 4 rings (SSSR count). The van der Waals surface area contributed by atoms with Crippen LogP contribution in [0.2, 0.25) is 0 Å². The Morgan fingerprint density at radius 1 is 1.19 bits per heavy atom. The molecule has 1 aromatic heterocycles. The summed E-state index contributed by atoms with van der Waals surface area (Å²) in [7, 11) is 1.64. The van der Waals surface area contributed by atoms with Crippen molar-refractivity contribution in [3.63, 3.8) is 0 Å². The molecule has 0 spiro atoms. The number of ether oxygens (including phenoxy) is 1. The van der Waals surface area contributed by atoms with Gasteiger partial charge in [0.25, 0.3) is 0 Å². The molecule has 8 nitrogen and oxygen atoms in total. The molecule has 1 aromatic carbocycles. The van der Waals surface area contributed by atoms with E-state index in [0.717, 1.165) is 43.9 Å². The molecule has 2 fully saturated rings. The lowest BCUT2D eigenvalue weighted by atomic mass is 9.86. The van der Waals surface area contributed by atoms with Crippen molar-refractivity contribution >= 4 is 5.91 Å². The molecule has 32 heavy (non-hydrogen) atoms. The number of methoxy groups -OCH3 is 1. The lowest BCUT2D eigenvalue weighted by Gasteiger charge is -2.38. The second-order valence-corrected chi connectivity index (χ2v) is 9.11. The van der Waals surface area contributed by atoms with Crippen LogP contribution in [0.4, 0.5) is 0 Å². The molecule has 2 aliphatic rings. The molecule has 1 aliphatic heterocycles. The monoisotopic (exact) mass is 441 g/mol. The van der Waals surface area contributed by atoms with Crippen molar-refractivity contribution in [1.82, 2.24) is 25.3 Å². The number of nitrogens with one attached hydrogen (secondary N) is 1. The number of benzene rings is 1. The molecule has 174 valence electrons. The van der Waals surface area contributed by atoms with Crippen LogP contribution >= 0.6 is 0 Å². The number of carbonyl (C=O) groups excluding carboxylic acids is 1. The molecule has 1 amide bonds. The highest BCUT2D eigenvalue weighted by Gasteiger charge is 2.29. The predicted octanol–water partition coefficient (Wildman–Crippen LogP) is 2.95. The topological polar surface area (TPSA) is 83.7 Å². The summed E-state index contributed by atoms with van der Waals surface area (Å²) in [5.74, 6) is 2.74. The first-order chi connectivity index (χ1) is 15.5. The summed E-state index contributed by atoms with van der Waals surface area (Å²) in [5.41, 5.74) is 0.901. The van der Waals surface area contributed by atoms with E-state index in [-0.39, 0.29) is 11.9 Å². The third-order valence-electron chi connectivity index (χ3n) is 6.95. The number of rotatable bonds is 7. The van der Waals surface area contributed by atoms with E-state index in [2.05, 4.69) is 32.2 Å². The lowest BCUT2D eigenvalue weighted by Crippen LogP contribution is -2.55. The number of aromatic nitrogens is 2. The Hall–Kier alpha value is -2.45. The fourth-order valence-corrected chi connectivity index (χ4v) is 4.68. The Kier molecular flexibility index (Phi) is 7.42. The molecule has 0 radical (unpaired) electrons. The zero-order valence-electron chi connectivity index (χ0n) is 19.4. The second-order valence-electron chi connectivity index (χ2n) is 9.11. The molecule has 3 unspecified atom stereocenters. The summed E-state index contributed by atoms with van der Waals surface area (Å²) in [6.07, 6.45) is 4.83. The Bertz CT molecular complexity index is 876. The molecule has 2 heterocycles. The van der Waals surface area contributed by atoms with Crippen molar-refractivity contribution in [1.29, 1.82) is 0 Å². The van der Waals surface area contributed by atoms with E-state index in [9.17, 15) is 4.79 Å². The predicted molar refractivity (Wildman–Crippen MR) is 122 cm³/mol. The van der Waals surface area contributed by atoms with Gasteiger partial charge in [0.15, 0.2) is 0 Å². The highest BCUT2D eigenvalue weighted by molar-refractivity contribution is 5.81. The largest absolute Gasteiger partial charge is 0.497 e. The number of nitrogens with zero attached hydrogens (tertiary/aromatic N) is 4. The number of piperazine rings is 1. The van der Waals surface area contributed by atoms with Crippen LogP contribution in [-0.2, 0) is 11.3 Å². The maximum Gasteiger partial charge on any atom is 0.241 e. The fraction of sp³-hybridized carbons (Fsp3) is 0.625. The van der Waals surface area contributed by atoms with E-state index >= 15 is 0 Å². The highest BCUT2D eigenvalue weighted by Crippen LogP contribution is 2.24. The van der Waals surface area contributed by atoms with Crippen molar-refractivity contribution in [2.75, 3.05) is 33.3 Å². The standard InChI is InChI=1S/C24H35N5O3/c1-17-6-4-5-7-21(17)25-24(30)18(2)29-14-12-28(13-15-29)16-22-26-23(27-32-22)19-8-10-20(31-3)11-9-19/h8-11,17-18,21H,4-7,12-16H2,1-3H3,(H,25,30). The minimum atomic E-state index is -0.101. The smallest absolute Gasteiger partial charge is 0.241 e. The third-order valence-corrected chi connectivity index (χ3v) is 6.95. The average Bonchev–Trinajstić information content (AvgIpc) is 3.29. The summed E-state index contributed by atoms with van der Waals surface area (Å²) >= 11 is 0. The average molecular weight is 442 g/mol. The first-order valence-electron chi connectivity index (χ1n) is 11.8. The van der Waals surface area contributed by atoms with Gasteiger partial charge < -0.3 is 14.6 Å². The van der Waals surface area contributed by atoms with E-state index in [1.54, 1.807) is 7.11 Å². The maximum absolute atomic E-state index is 12.8. The fourth-order valence-electron chi connectivity index (χ4n) is 4.68. The molecule has 1 saturated carbocycles. The normalized spacial score (nSPS) is 23.6. The maximum atomic E-state index is 12.8. The molecule has 3 atom stereocenters. The van der Waals surface area contributed by atoms with Crippen LogP contribution in [0, 0.1) is 5.92 Å². The minimum Gasteiger partial charge on any atom is -0.497 e. The summed E-state index contributed by atoms with van der Waals surface area (Å²) in [5, 5.41) is 7.43. The van der Waals surface area contributed by atoms with E-state index in [4.69, 9.17) is 9.26 Å². The van der Waals surface area contributed by atoms with Gasteiger partial charge in [0.1, 0.15) is 5.75 Å². The van der Waals surface area contributed by atoms with Gasteiger partial charge in [0.05, 0.1) is 19.7 Å². The van der Waals surface area contributed by atoms with Crippen LogP contribution < -0.4 is 10.1 Å². The van der Waals surface area contributed by atoms with Gasteiger partial charge >= 0.3 is 0 Å². The summed E-state index contributed by atoms with van der Waals surface area (Å²) in [6.45, 7) is 8.36. The molecule has 8 heteroatoms. The number of hydrogen-bond donors (Lipinski definition) is 1. The van der Waals surface area contributed by atoms with Crippen LogP contribution in [0.25, 0.3) is 11.4 Å². The Morgan fingerprint density at radius 2 is 1.91 bits per heavy atom. The summed E-state index contributed by atoms with van der Waals surface area (Å²) in [4.78, 5) is 21.9. The van der Waals surface area contributed by atoms with Crippen LogP contribution in [0.5, 0.6) is 5.75 Å². The first kappa shape index (κ1) is 22.7. The number of amides is 1. The van der Waals surface area contributed by atoms with E-state index in [1.807, 2.05) is 31.2 Å². The van der Waals surface area contributed by atoms with Crippen molar-refractivity contribution in [3.05, 3.63) is 30.2 Å². The van der Waals surface area contributed by atoms with Crippen molar-refractivity contribution < 1.29 is 14.1 Å². The molecular weight excluding hydrogens is 406 g/mol. The molecular formula is C24H35N5O3. The summed E-state index contributed by atoms with van der Waals surface area (Å²) in [6, 6.07) is 7.85. The van der Waals surface area contributed by atoms with Crippen LogP contribution in [0.1, 0.15) is 45.4 Å². The van der Waals surface area contributed by atoms with Gasteiger partial charge in [-0.2, -0.15) is 4.98 Å². The Labute approximate surface area is 190 Å². The Morgan fingerprint density at radius 3 is 2.59 bits per heavy atom. The lowest BCUT2D eigenvalue weighted by molar-refractivity contribution is -0.128. The van der Waals surface area contributed by atoms with Gasteiger partial charge in [-0.25, -0.2) is 0 Å². The van der Waals surface area contributed by atoms with E-state index in [1.165, 1.54) is 19.3 Å². The SMILES string of the molecule is COc1ccc(-c2noc(CN3CCN(C(C)C(=O)NC4CCCCC4C)CC3)n2)cc1. The van der Waals surface area contributed by atoms with Crippen LogP contribution in [0.3, 0.4) is 0 Å². The summed E-state index contributed by atoms with van der Waals surface area (Å²) < 4.78 is 10.7. The van der Waals surface area contributed by atoms with Gasteiger partial charge in [-0.1, -0.05) is 24.9 Å². The van der Waals surface area contributed by atoms with Crippen LogP contribution in [0.15, 0.2) is 28.8 Å². The van der Waals surface area contributed by atoms with Crippen molar-refractivity contribution in [2.24, 2.45) is 5.92 Å². The van der Waals surface area contributed by atoms with E-state index in [0.29, 0.717) is 30.2 Å². The zero-order valence-corrected chi connectivity index (χ0v) is 19.4. The molecule has 1 saturated heterocycles. The van der Waals surface area contributed by atoms with Crippen molar-refractivity contribution in [3.8, 4) is 17.1 Å². The number of hydrogen-bond acceptors (Lipinski definition) is 7. The number of carbonyl (C=O) groups is 1. The van der Waals surface area contributed by atoms with Gasteiger partial charge in [0, 0.05) is 37.8 Å². The quantitative estimate of drug-likeness (QED) is 0.707. The van der Waals surface area contributed by atoms with Gasteiger partial charge in [-0.3, -0.25) is 14.6 Å². The van der Waals surface area contributed by atoms with Gasteiger partial charge in [-0.15, -0.1) is 0 Å². The zero-order chi connectivity index (χ0) is 22.5. The highest BCUT2D eigenvalue weighted by atomic mass is 16.5. The van der Waals surface area contributed by atoms with Gasteiger partial charge in [-0.05, 0) is 49.9 Å². The molecule has 0 bridgehead atoms. The minimum absolute atomic E-state index is 0.101. The molecule has 1 N–H and O–H groups in total. The molecule has 2 aromatic rings. The van der Waals surface area contributed by atoms with Crippen molar-refractivity contribution in [2.45, 2.75) is 58.2 Å². The van der Waals surface area contributed by atoms with Gasteiger partial charge in [0.2, 0.25) is 17.6 Å². The molecule has 1 aliphatic carbocycles. The third kappa shape index (κ3) is 5.48. The van der Waals surface area contributed by atoms with Crippen LogP contribution in [-0.4, -0.2) is 71.2 Å². The van der Waals surface area contributed by atoms with E-state index < -0.39 is 0 Å².